The summed E-state index contributed by atoms with van der Waals surface area (Å²) >= 11 is 0. The van der Waals surface area contributed by atoms with Gasteiger partial charge >= 0.3 is 0 Å². The van der Waals surface area contributed by atoms with Crippen LogP contribution in [0.2, 0.25) is 0 Å². The Morgan fingerprint density at radius 1 is 1.23 bits per heavy atom. The van der Waals surface area contributed by atoms with E-state index in [4.69, 9.17) is 4.74 Å². The molecule has 0 radical (unpaired) electrons. The average Bonchev–Trinajstić information content (AvgIpc) is 3.11. The van der Waals surface area contributed by atoms with Gasteiger partial charge in [-0.2, -0.15) is 0 Å². The second-order valence-electron chi connectivity index (χ2n) is 7.10. The molecule has 1 aromatic heterocycles. The maximum absolute atomic E-state index is 12.6. The highest BCUT2D eigenvalue weighted by Crippen LogP contribution is 2.28. The van der Waals surface area contributed by atoms with Gasteiger partial charge in [-0.3, -0.25) is 9.59 Å². The number of hydrogen-bond acceptors (Lipinski definition) is 3. The summed E-state index contributed by atoms with van der Waals surface area (Å²) in [6.07, 6.45) is 6.66. The first kappa shape index (κ1) is 17.1. The summed E-state index contributed by atoms with van der Waals surface area (Å²) in [4.78, 5) is 30.2. The summed E-state index contributed by atoms with van der Waals surface area (Å²) in [6.45, 7) is 1.64. The van der Waals surface area contributed by atoms with Crippen LogP contribution in [0.15, 0.2) is 30.5 Å². The lowest BCUT2D eigenvalue weighted by atomic mass is 9.90. The molecule has 2 aliphatic rings. The molecular weight excluding hydrogens is 330 g/mol. The fourth-order valence-electron chi connectivity index (χ4n) is 4.19. The van der Waals surface area contributed by atoms with Crippen LogP contribution in [0.25, 0.3) is 10.9 Å². The molecule has 0 bridgehead atoms. The number of fused-ring (bicyclic) bond motifs is 2. The van der Waals surface area contributed by atoms with E-state index in [1.807, 2.05) is 29.2 Å². The van der Waals surface area contributed by atoms with Crippen LogP contribution in [0, 0.1) is 0 Å². The van der Waals surface area contributed by atoms with E-state index in [1.54, 1.807) is 6.20 Å². The lowest BCUT2D eigenvalue weighted by Gasteiger charge is -2.43. The van der Waals surface area contributed by atoms with Gasteiger partial charge < -0.3 is 19.9 Å². The van der Waals surface area contributed by atoms with E-state index in [9.17, 15) is 9.59 Å². The molecule has 0 spiro atoms. The number of aromatic amines is 1. The third-order valence-electron chi connectivity index (χ3n) is 5.51. The number of amides is 2. The molecule has 0 unspecified atom stereocenters. The number of nitrogens with one attached hydrogen (secondary N) is 2. The Balaban J connectivity index is 1.32. The predicted octanol–water partition coefficient (Wildman–Crippen LogP) is 2.46. The van der Waals surface area contributed by atoms with Crippen LogP contribution in [0.4, 0.5) is 0 Å². The van der Waals surface area contributed by atoms with Crippen molar-refractivity contribution in [1.82, 2.24) is 15.2 Å². The number of morpholine rings is 1. The number of nitrogens with zero attached hydrogens (tertiary/aromatic N) is 1. The van der Waals surface area contributed by atoms with Gasteiger partial charge in [0.2, 0.25) is 5.91 Å². The van der Waals surface area contributed by atoms with Gasteiger partial charge in [0.25, 0.3) is 5.91 Å². The Hall–Kier alpha value is -2.34. The highest BCUT2D eigenvalue weighted by Gasteiger charge is 2.36. The zero-order valence-corrected chi connectivity index (χ0v) is 14.9. The Morgan fingerprint density at radius 3 is 3.00 bits per heavy atom. The Bertz CT molecular complexity index is 798. The second-order valence-corrected chi connectivity index (χ2v) is 7.10. The van der Waals surface area contributed by atoms with E-state index in [1.165, 1.54) is 6.42 Å². The van der Waals surface area contributed by atoms with Crippen LogP contribution in [-0.2, 0) is 9.53 Å². The van der Waals surface area contributed by atoms with Crippen molar-refractivity contribution in [3.63, 3.8) is 0 Å². The first-order chi connectivity index (χ1) is 12.7. The van der Waals surface area contributed by atoms with Crippen LogP contribution < -0.4 is 5.32 Å². The molecule has 138 valence electrons. The molecule has 26 heavy (non-hydrogen) atoms. The van der Waals surface area contributed by atoms with Crippen molar-refractivity contribution in [1.29, 1.82) is 0 Å². The SMILES string of the molecule is O=C(NCCC(=O)N1CCO[C@H]2CCCC[C@H]21)c1c[nH]c2ccccc12. The van der Waals surface area contributed by atoms with Crippen molar-refractivity contribution in [3.05, 3.63) is 36.0 Å². The highest BCUT2D eigenvalue weighted by atomic mass is 16.5. The molecular formula is C20H25N3O3. The highest BCUT2D eigenvalue weighted by molar-refractivity contribution is 6.06. The number of para-hydroxylation sites is 1. The molecule has 6 heteroatoms. The van der Waals surface area contributed by atoms with Crippen LogP contribution in [0.3, 0.4) is 0 Å². The number of benzene rings is 1. The Kier molecular flexibility index (Phi) is 4.93. The Morgan fingerprint density at radius 2 is 2.08 bits per heavy atom. The number of hydrogen-bond donors (Lipinski definition) is 2. The minimum Gasteiger partial charge on any atom is -0.374 e. The molecule has 2 N–H and O–H groups in total. The number of carbonyl (C=O) groups is 2. The number of ether oxygens (including phenoxy) is 1. The maximum Gasteiger partial charge on any atom is 0.253 e. The molecule has 6 nitrogen and oxygen atoms in total. The summed E-state index contributed by atoms with van der Waals surface area (Å²) in [5, 5.41) is 3.78. The van der Waals surface area contributed by atoms with E-state index in [0.717, 1.165) is 30.2 Å². The molecule has 1 saturated carbocycles. The summed E-state index contributed by atoms with van der Waals surface area (Å²) in [7, 11) is 0. The monoisotopic (exact) mass is 355 g/mol. The summed E-state index contributed by atoms with van der Waals surface area (Å²) in [5.41, 5.74) is 1.55. The Labute approximate surface area is 152 Å². The third kappa shape index (κ3) is 3.33. The van der Waals surface area contributed by atoms with Gasteiger partial charge in [0.15, 0.2) is 0 Å². The fourth-order valence-corrected chi connectivity index (χ4v) is 4.19. The van der Waals surface area contributed by atoms with E-state index in [0.29, 0.717) is 31.7 Å². The van der Waals surface area contributed by atoms with E-state index in [-0.39, 0.29) is 24.0 Å². The number of H-pyrrole nitrogens is 1. The molecule has 2 amide bonds. The molecule has 2 aromatic rings. The quantitative estimate of drug-likeness (QED) is 0.885. The molecule has 2 heterocycles. The topological polar surface area (TPSA) is 74.4 Å². The lowest BCUT2D eigenvalue weighted by Crippen LogP contribution is -2.55. The first-order valence-electron chi connectivity index (χ1n) is 9.49. The minimum absolute atomic E-state index is 0.115. The standard InChI is InChI=1S/C20H25N3O3/c24-19(23-11-12-26-18-8-4-3-7-17(18)23)9-10-21-20(25)15-13-22-16-6-2-1-5-14(15)16/h1-2,5-6,13,17-18,22H,3-4,7-12H2,(H,21,25)/t17-,18+/m1/s1. The molecule has 1 aliphatic heterocycles. The van der Waals surface area contributed by atoms with Gasteiger partial charge in [-0.1, -0.05) is 31.0 Å². The lowest BCUT2D eigenvalue weighted by molar-refractivity contribution is -0.149. The number of aromatic nitrogens is 1. The van der Waals surface area contributed by atoms with Gasteiger partial charge in [-0.25, -0.2) is 0 Å². The molecule has 2 atom stereocenters. The van der Waals surface area contributed by atoms with Crippen LogP contribution in [0.5, 0.6) is 0 Å². The molecule has 1 aliphatic carbocycles. The zero-order valence-electron chi connectivity index (χ0n) is 14.9. The summed E-state index contributed by atoms with van der Waals surface area (Å²) in [6, 6.07) is 7.92. The average molecular weight is 355 g/mol. The zero-order chi connectivity index (χ0) is 17.9. The summed E-state index contributed by atoms with van der Waals surface area (Å²) in [5.74, 6) is -0.0304. The van der Waals surface area contributed by atoms with Crippen LogP contribution in [0.1, 0.15) is 42.5 Å². The second kappa shape index (κ2) is 7.50. The smallest absolute Gasteiger partial charge is 0.253 e. The predicted molar refractivity (Wildman–Crippen MR) is 99.0 cm³/mol. The fraction of sp³-hybridized carbons (Fsp3) is 0.500. The first-order valence-corrected chi connectivity index (χ1v) is 9.49. The molecule has 4 rings (SSSR count). The molecule has 2 fully saturated rings. The van der Waals surface area contributed by atoms with Gasteiger partial charge in [-0.05, 0) is 18.9 Å². The van der Waals surface area contributed by atoms with E-state index < -0.39 is 0 Å². The van der Waals surface area contributed by atoms with Crippen molar-refractivity contribution < 1.29 is 14.3 Å². The van der Waals surface area contributed by atoms with Crippen molar-refractivity contribution in [3.8, 4) is 0 Å². The van der Waals surface area contributed by atoms with Crippen molar-refractivity contribution in [2.24, 2.45) is 0 Å². The van der Waals surface area contributed by atoms with Crippen molar-refractivity contribution in [2.75, 3.05) is 19.7 Å². The molecule has 1 aromatic carbocycles. The van der Waals surface area contributed by atoms with E-state index in [2.05, 4.69) is 10.3 Å². The third-order valence-corrected chi connectivity index (χ3v) is 5.51. The molecule has 1 saturated heterocycles. The van der Waals surface area contributed by atoms with Gasteiger partial charge in [0.1, 0.15) is 0 Å². The van der Waals surface area contributed by atoms with Gasteiger partial charge in [0.05, 0.1) is 24.3 Å². The van der Waals surface area contributed by atoms with Crippen LogP contribution in [-0.4, -0.2) is 53.5 Å². The number of carbonyl (C=O) groups excluding carboxylic acids is 2. The van der Waals surface area contributed by atoms with Crippen molar-refractivity contribution >= 4 is 22.7 Å². The largest absolute Gasteiger partial charge is 0.374 e. The number of rotatable bonds is 4. The van der Waals surface area contributed by atoms with Gasteiger partial charge in [0, 0.05) is 36.6 Å². The normalized spacial score (nSPS) is 22.8. The van der Waals surface area contributed by atoms with Crippen LogP contribution >= 0.6 is 0 Å². The maximum atomic E-state index is 12.6. The van der Waals surface area contributed by atoms with E-state index >= 15 is 0 Å². The minimum atomic E-state index is -0.146. The van der Waals surface area contributed by atoms with Crippen molar-refractivity contribution in [2.45, 2.75) is 44.2 Å². The summed E-state index contributed by atoms with van der Waals surface area (Å²) < 4.78 is 5.83. The van der Waals surface area contributed by atoms with Gasteiger partial charge in [-0.15, -0.1) is 0 Å².